The zero-order chi connectivity index (χ0) is 44.4. The Kier molecular flexibility index (Phi) is 11.2. The van der Waals surface area contributed by atoms with Crippen LogP contribution in [0.1, 0.15) is 69.8 Å². The number of methoxy groups -OCH3 is 2. The predicted octanol–water partition coefficient (Wildman–Crippen LogP) is 6.00. The number of nitrogens with zero attached hydrogens (tertiary/aromatic N) is 5. The number of benzene rings is 2. The van der Waals surface area contributed by atoms with Crippen molar-refractivity contribution in [3.63, 3.8) is 0 Å². The number of fused-ring (bicyclic) bond motifs is 2. The predicted molar refractivity (Wildman–Crippen MR) is 216 cm³/mol. The molecule has 20 heteroatoms. The van der Waals surface area contributed by atoms with E-state index in [1.165, 1.54) is 13.3 Å². The lowest BCUT2D eigenvalue weighted by Gasteiger charge is -2.31. The number of carbonyl (C=O) groups is 3. The first-order valence-corrected chi connectivity index (χ1v) is 20.4. The van der Waals surface area contributed by atoms with Crippen LogP contribution in [0.25, 0.3) is 22.5 Å². The highest BCUT2D eigenvalue weighted by Crippen LogP contribution is 2.54. The molecular weight excluding hydrogens is 819 g/mol. The highest BCUT2D eigenvalue weighted by Gasteiger charge is 2.52. The molecule has 0 aliphatic carbocycles. The normalized spacial score (nSPS) is 21.1. The molecule has 0 bridgehead atoms. The average molecular weight is 868 g/mol. The van der Waals surface area contributed by atoms with Gasteiger partial charge in [-0.2, -0.15) is 0 Å². The SMILES string of the molecule is COC(=O)NC(C(=O)N1CC(F)(F)CC1c1ncc(-c2ccc3c4c2CCN4c2ccc(-c4cnc(C5CC(F)(F)CN5C(=O)C(NC(O)OC)C(C)C)[nH]4)cc2O3)[nH]1)C(C)C. The van der Waals surface area contributed by atoms with Gasteiger partial charge in [-0.05, 0) is 48.1 Å². The number of nitrogens with one attached hydrogen (secondary N) is 4. The van der Waals surface area contributed by atoms with E-state index in [2.05, 4.69) is 40.2 Å². The van der Waals surface area contributed by atoms with Gasteiger partial charge in [-0.3, -0.25) is 14.9 Å². The molecule has 2 saturated heterocycles. The van der Waals surface area contributed by atoms with Gasteiger partial charge in [0.1, 0.15) is 17.7 Å². The first-order chi connectivity index (χ1) is 29.4. The van der Waals surface area contributed by atoms with Gasteiger partial charge in [-0.1, -0.05) is 33.8 Å². The summed E-state index contributed by atoms with van der Waals surface area (Å²) in [7, 11) is 2.41. The number of carbonyl (C=O) groups excluding carboxylic acids is 3. The van der Waals surface area contributed by atoms with E-state index >= 15 is 0 Å². The lowest BCUT2D eigenvalue weighted by Crippen LogP contribution is -2.53. The number of aliphatic hydroxyl groups is 1. The van der Waals surface area contributed by atoms with Gasteiger partial charge >= 0.3 is 6.09 Å². The van der Waals surface area contributed by atoms with Gasteiger partial charge in [0.05, 0.1) is 73.5 Å². The van der Waals surface area contributed by atoms with Crippen LogP contribution in [0.2, 0.25) is 0 Å². The maximum absolute atomic E-state index is 15.0. The fourth-order valence-corrected chi connectivity index (χ4v) is 8.89. The van der Waals surface area contributed by atoms with Crippen LogP contribution in [0.3, 0.4) is 0 Å². The van der Waals surface area contributed by atoms with Gasteiger partial charge in [0, 0.05) is 37.6 Å². The van der Waals surface area contributed by atoms with Gasteiger partial charge < -0.3 is 49.3 Å². The molecule has 2 aromatic carbocycles. The number of hydrogen-bond acceptors (Lipinski definition) is 11. The molecule has 8 rings (SSSR count). The Morgan fingerprint density at radius 3 is 2.05 bits per heavy atom. The second-order valence-corrected chi connectivity index (χ2v) is 16.9. The molecule has 62 heavy (non-hydrogen) atoms. The van der Waals surface area contributed by atoms with Crippen LogP contribution in [0.5, 0.6) is 11.5 Å². The van der Waals surface area contributed by atoms with E-state index in [0.717, 1.165) is 39.4 Å². The molecule has 5 atom stereocenters. The van der Waals surface area contributed by atoms with Crippen molar-refractivity contribution in [2.75, 3.05) is 38.8 Å². The summed E-state index contributed by atoms with van der Waals surface area (Å²) >= 11 is 0. The number of alkyl halides is 4. The number of aromatic nitrogens is 4. The highest BCUT2D eigenvalue weighted by molar-refractivity contribution is 5.89. The molecule has 4 aliphatic heterocycles. The van der Waals surface area contributed by atoms with Gasteiger partial charge in [-0.15, -0.1) is 0 Å². The van der Waals surface area contributed by atoms with Crippen molar-refractivity contribution < 1.29 is 51.3 Å². The van der Waals surface area contributed by atoms with E-state index in [-0.39, 0.29) is 17.6 Å². The summed E-state index contributed by atoms with van der Waals surface area (Å²) in [5.41, 5.74) is 5.17. The number of imidazole rings is 2. The van der Waals surface area contributed by atoms with Gasteiger partial charge in [-0.25, -0.2) is 32.3 Å². The third kappa shape index (κ3) is 7.94. The summed E-state index contributed by atoms with van der Waals surface area (Å²) < 4.78 is 75.8. The third-order valence-electron chi connectivity index (χ3n) is 12.0. The van der Waals surface area contributed by atoms with E-state index in [1.807, 2.05) is 30.3 Å². The topological polar surface area (TPSA) is 190 Å². The summed E-state index contributed by atoms with van der Waals surface area (Å²) in [5, 5.41) is 15.1. The fraction of sp³-hybridized carbons (Fsp3) is 0.500. The lowest BCUT2D eigenvalue weighted by molar-refractivity contribution is -0.146. The van der Waals surface area contributed by atoms with Crippen LogP contribution in [0.15, 0.2) is 42.7 Å². The minimum atomic E-state index is -3.18. The summed E-state index contributed by atoms with van der Waals surface area (Å²) in [6, 6.07) is 5.08. The third-order valence-corrected chi connectivity index (χ3v) is 12.0. The lowest BCUT2D eigenvalue weighted by atomic mass is 10.0. The maximum atomic E-state index is 15.0. The summed E-state index contributed by atoms with van der Waals surface area (Å²) in [6.45, 7) is 5.87. The Labute approximate surface area is 354 Å². The zero-order valence-corrected chi connectivity index (χ0v) is 35.0. The first kappa shape index (κ1) is 42.9. The van der Waals surface area contributed by atoms with Crippen LogP contribution in [0.4, 0.5) is 33.7 Å². The fourth-order valence-electron chi connectivity index (χ4n) is 8.89. The Bertz CT molecular complexity index is 2370. The molecule has 4 aromatic rings. The first-order valence-electron chi connectivity index (χ1n) is 20.4. The van der Waals surface area contributed by atoms with E-state index in [9.17, 15) is 37.1 Å². The summed E-state index contributed by atoms with van der Waals surface area (Å²) in [4.78, 5) is 58.9. The quantitative estimate of drug-likeness (QED) is 0.0830. The number of aromatic amines is 2. The molecule has 2 aromatic heterocycles. The number of ether oxygens (including phenoxy) is 3. The highest BCUT2D eigenvalue weighted by atomic mass is 19.3. The van der Waals surface area contributed by atoms with Crippen molar-refractivity contribution in [1.29, 1.82) is 0 Å². The number of amides is 3. The minimum Gasteiger partial charge on any atom is -0.453 e. The Morgan fingerprint density at radius 1 is 0.855 bits per heavy atom. The second kappa shape index (κ2) is 16.2. The van der Waals surface area contributed by atoms with Crippen molar-refractivity contribution in [3.8, 4) is 34.0 Å². The van der Waals surface area contributed by atoms with Crippen molar-refractivity contribution >= 4 is 29.3 Å². The second-order valence-electron chi connectivity index (χ2n) is 16.9. The summed E-state index contributed by atoms with van der Waals surface area (Å²) in [5.74, 6) is -6.82. The molecule has 0 spiro atoms. The van der Waals surface area contributed by atoms with Gasteiger partial charge in [0.25, 0.3) is 11.8 Å². The molecule has 3 amide bonds. The van der Waals surface area contributed by atoms with Crippen molar-refractivity contribution in [2.24, 2.45) is 11.8 Å². The standard InChI is InChI=1S/C42H49F4N9O7/c1-20(2)32(51-39(58)60-5)37(56)54-18-41(43,44)14-28(54)35-47-16-25(49-35)22-7-9-27-31(13-22)62-30-10-8-23(24-11-12-53(27)34(24)30)26-17-48-36(50-26)29-15-42(45,46)19-55(29)38(57)33(21(3)4)52-40(59)61-6/h7-10,13,16-17,20-21,28-29,32-33,39,51,58H,11-12,14-15,18-19H2,1-6H3,(H,47,49)(H,48,50)(H,52,59). The Morgan fingerprint density at radius 2 is 1.45 bits per heavy atom. The number of alkyl carbamates (subject to hydrolysis) is 1. The van der Waals surface area contributed by atoms with Crippen molar-refractivity contribution in [2.45, 2.75) is 89.4 Å². The molecule has 2 fully saturated rings. The minimum absolute atomic E-state index is 0.194. The number of rotatable bonds is 12. The van der Waals surface area contributed by atoms with Crippen LogP contribution in [-0.2, 0) is 25.5 Å². The molecule has 332 valence electrons. The molecule has 0 radical (unpaired) electrons. The summed E-state index contributed by atoms with van der Waals surface area (Å²) in [6.07, 6.45) is 0.153. The monoisotopic (exact) mass is 867 g/mol. The molecule has 16 nitrogen and oxygen atoms in total. The van der Waals surface area contributed by atoms with Crippen LogP contribution in [0, 0.1) is 11.8 Å². The van der Waals surface area contributed by atoms with E-state index in [4.69, 9.17) is 9.47 Å². The smallest absolute Gasteiger partial charge is 0.407 e. The van der Waals surface area contributed by atoms with Crippen LogP contribution < -0.4 is 20.3 Å². The number of aliphatic hydroxyl groups excluding tert-OH is 1. The number of halogens is 4. The Balaban J connectivity index is 1.02. The van der Waals surface area contributed by atoms with E-state index in [0.29, 0.717) is 41.4 Å². The number of hydrogen-bond donors (Lipinski definition) is 5. The average Bonchev–Trinajstić information content (AvgIpc) is 4.08. The molecule has 5 N–H and O–H groups in total. The molecule has 6 heterocycles. The largest absolute Gasteiger partial charge is 0.453 e. The van der Waals surface area contributed by atoms with E-state index < -0.39 is 92.2 Å². The molecule has 5 unspecified atom stereocenters. The van der Waals surface area contributed by atoms with E-state index in [1.54, 1.807) is 33.9 Å². The van der Waals surface area contributed by atoms with Crippen LogP contribution >= 0.6 is 0 Å². The van der Waals surface area contributed by atoms with Gasteiger partial charge in [0.15, 0.2) is 11.5 Å². The number of anilines is 2. The Hall–Kier alpha value is -5.73. The molecular formula is C42H49F4N9O7. The number of likely N-dealkylation sites (tertiary alicyclic amines) is 2. The number of H-pyrrole nitrogens is 2. The van der Waals surface area contributed by atoms with Crippen molar-refractivity contribution in [3.05, 3.63) is 59.9 Å². The molecule has 0 saturated carbocycles. The molecule has 4 aliphatic rings. The van der Waals surface area contributed by atoms with Crippen molar-refractivity contribution in [1.82, 2.24) is 40.4 Å². The van der Waals surface area contributed by atoms with Crippen LogP contribution in [-0.4, -0.2) is 117 Å². The maximum Gasteiger partial charge on any atom is 0.407 e. The van der Waals surface area contributed by atoms with Gasteiger partial charge in [0.2, 0.25) is 18.2 Å². The zero-order valence-electron chi connectivity index (χ0n) is 35.0.